The number of para-hydroxylation sites is 1. The smallest absolute Gasteiger partial charge is 0.191 e. The van der Waals surface area contributed by atoms with Crippen LogP contribution in [0.3, 0.4) is 0 Å². The molecule has 0 saturated carbocycles. The van der Waals surface area contributed by atoms with Gasteiger partial charge in [-0.25, -0.2) is 9.37 Å². The van der Waals surface area contributed by atoms with Gasteiger partial charge in [-0.2, -0.15) is 0 Å². The first-order valence-corrected chi connectivity index (χ1v) is 9.53. The molecule has 3 rings (SSSR count). The molecule has 0 spiro atoms. The zero-order chi connectivity index (χ0) is 20.5. The van der Waals surface area contributed by atoms with E-state index >= 15 is 0 Å². The Morgan fingerprint density at radius 3 is 2.53 bits per heavy atom. The zero-order valence-electron chi connectivity index (χ0n) is 17.1. The van der Waals surface area contributed by atoms with Gasteiger partial charge < -0.3 is 19.9 Å². The van der Waals surface area contributed by atoms with Crippen LogP contribution in [-0.4, -0.2) is 35.2 Å². The van der Waals surface area contributed by atoms with E-state index in [0.717, 1.165) is 12.1 Å². The first-order chi connectivity index (χ1) is 14.1. The lowest BCUT2D eigenvalue weighted by Gasteiger charge is -2.18. The number of nitrogens with zero attached hydrogens (tertiary/aromatic N) is 3. The fraction of sp³-hybridized carbons (Fsp3) is 0.273. The van der Waals surface area contributed by atoms with Crippen LogP contribution < -0.4 is 15.4 Å². The second-order valence-corrected chi connectivity index (χ2v) is 6.72. The van der Waals surface area contributed by atoms with Gasteiger partial charge in [0.2, 0.25) is 0 Å². The molecule has 2 N–H and O–H groups in total. The maximum atomic E-state index is 13.7. The molecule has 1 atom stereocenters. The molecule has 0 aliphatic rings. The molecule has 1 unspecified atom stereocenters. The van der Waals surface area contributed by atoms with Crippen molar-refractivity contribution in [3.8, 4) is 5.75 Å². The SMILES string of the molecule is CN=C(NCc1ccc(Cn2ccnc2)cc1)NCC(C)Oc1ccccc1F.I. The largest absolute Gasteiger partial charge is 0.486 e. The predicted octanol–water partition coefficient (Wildman–Crippen LogP) is 3.82. The Bertz CT molecular complexity index is 916. The monoisotopic (exact) mass is 523 g/mol. The first kappa shape index (κ1) is 23.7. The van der Waals surface area contributed by atoms with E-state index in [1.165, 1.54) is 11.6 Å². The van der Waals surface area contributed by atoms with E-state index in [0.29, 0.717) is 19.0 Å². The quantitative estimate of drug-likeness (QED) is 0.268. The molecule has 0 radical (unpaired) electrons. The Morgan fingerprint density at radius 2 is 1.87 bits per heavy atom. The highest BCUT2D eigenvalue weighted by Crippen LogP contribution is 2.16. The third kappa shape index (κ3) is 7.33. The van der Waals surface area contributed by atoms with E-state index in [1.807, 2.05) is 24.0 Å². The molecule has 0 amide bonds. The summed E-state index contributed by atoms with van der Waals surface area (Å²) < 4.78 is 21.3. The summed E-state index contributed by atoms with van der Waals surface area (Å²) in [5.74, 6) is 0.551. The lowest BCUT2D eigenvalue weighted by molar-refractivity contribution is 0.214. The molecule has 0 saturated heterocycles. The summed E-state index contributed by atoms with van der Waals surface area (Å²) in [6.07, 6.45) is 5.32. The molecule has 3 aromatic rings. The van der Waals surface area contributed by atoms with Crippen LogP contribution in [-0.2, 0) is 13.1 Å². The Labute approximate surface area is 193 Å². The molecule has 160 valence electrons. The van der Waals surface area contributed by atoms with Crippen molar-refractivity contribution in [3.63, 3.8) is 0 Å². The van der Waals surface area contributed by atoms with Gasteiger partial charge in [-0.1, -0.05) is 36.4 Å². The molecule has 0 aliphatic carbocycles. The fourth-order valence-electron chi connectivity index (χ4n) is 2.80. The van der Waals surface area contributed by atoms with Gasteiger partial charge in [0.15, 0.2) is 17.5 Å². The van der Waals surface area contributed by atoms with E-state index < -0.39 is 0 Å². The number of nitrogens with one attached hydrogen (secondary N) is 2. The minimum absolute atomic E-state index is 0. The third-order valence-corrected chi connectivity index (χ3v) is 4.35. The Balaban J connectivity index is 0.00000320. The van der Waals surface area contributed by atoms with Crippen molar-refractivity contribution in [2.24, 2.45) is 4.99 Å². The van der Waals surface area contributed by atoms with Crippen molar-refractivity contribution < 1.29 is 9.13 Å². The summed E-state index contributed by atoms with van der Waals surface area (Å²) in [4.78, 5) is 8.28. The van der Waals surface area contributed by atoms with Crippen LogP contribution in [0.25, 0.3) is 0 Å². The van der Waals surface area contributed by atoms with E-state index in [4.69, 9.17) is 4.74 Å². The molecule has 0 aliphatic heterocycles. The van der Waals surface area contributed by atoms with Crippen LogP contribution in [0.15, 0.2) is 72.2 Å². The zero-order valence-corrected chi connectivity index (χ0v) is 19.4. The summed E-state index contributed by atoms with van der Waals surface area (Å²) in [6, 6.07) is 14.8. The first-order valence-electron chi connectivity index (χ1n) is 9.53. The van der Waals surface area contributed by atoms with Crippen molar-refractivity contribution in [1.29, 1.82) is 0 Å². The van der Waals surface area contributed by atoms with Gasteiger partial charge in [-0.3, -0.25) is 4.99 Å². The molecule has 0 bridgehead atoms. The normalized spacial score (nSPS) is 12.0. The number of rotatable bonds is 8. The highest BCUT2D eigenvalue weighted by atomic mass is 127. The van der Waals surface area contributed by atoms with Crippen molar-refractivity contribution in [3.05, 3.63) is 84.2 Å². The van der Waals surface area contributed by atoms with Gasteiger partial charge in [0, 0.05) is 32.5 Å². The highest BCUT2D eigenvalue weighted by molar-refractivity contribution is 14.0. The number of halogens is 2. The maximum absolute atomic E-state index is 13.7. The molecule has 8 heteroatoms. The number of aromatic nitrogens is 2. The topological polar surface area (TPSA) is 63.5 Å². The van der Waals surface area contributed by atoms with Crippen molar-refractivity contribution >= 4 is 29.9 Å². The number of hydrogen-bond acceptors (Lipinski definition) is 3. The summed E-state index contributed by atoms with van der Waals surface area (Å²) >= 11 is 0. The van der Waals surface area contributed by atoms with Crippen molar-refractivity contribution in [2.45, 2.75) is 26.1 Å². The van der Waals surface area contributed by atoms with Gasteiger partial charge in [0.1, 0.15) is 6.10 Å². The number of guanidine groups is 1. The fourth-order valence-corrected chi connectivity index (χ4v) is 2.80. The second-order valence-electron chi connectivity index (χ2n) is 6.72. The molecular weight excluding hydrogens is 496 g/mol. The second kappa shape index (κ2) is 12.2. The average Bonchev–Trinajstić information content (AvgIpc) is 3.24. The molecule has 2 aromatic carbocycles. The number of aliphatic imine (C=N–C) groups is 1. The van der Waals surface area contributed by atoms with Crippen LogP contribution in [0.4, 0.5) is 4.39 Å². The van der Waals surface area contributed by atoms with E-state index in [9.17, 15) is 4.39 Å². The van der Waals surface area contributed by atoms with Gasteiger partial charge in [0.05, 0.1) is 12.9 Å². The predicted molar refractivity (Wildman–Crippen MR) is 128 cm³/mol. The van der Waals surface area contributed by atoms with E-state index in [-0.39, 0.29) is 41.6 Å². The molecule has 30 heavy (non-hydrogen) atoms. The molecule has 6 nitrogen and oxygen atoms in total. The van der Waals surface area contributed by atoms with Crippen molar-refractivity contribution in [2.75, 3.05) is 13.6 Å². The van der Waals surface area contributed by atoms with Crippen molar-refractivity contribution in [1.82, 2.24) is 20.2 Å². The number of imidazole rings is 1. The lowest BCUT2D eigenvalue weighted by atomic mass is 10.1. The minimum Gasteiger partial charge on any atom is -0.486 e. The van der Waals surface area contributed by atoms with Crippen LogP contribution in [0.1, 0.15) is 18.1 Å². The Hall–Kier alpha value is -2.62. The van der Waals surface area contributed by atoms with Crippen LogP contribution in [0.2, 0.25) is 0 Å². The van der Waals surface area contributed by atoms with Crippen LogP contribution in [0, 0.1) is 5.82 Å². The molecular formula is C22H27FIN5O. The summed E-state index contributed by atoms with van der Waals surface area (Å²) in [5, 5.41) is 6.48. The maximum Gasteiger partial charge on any atom is 0.191 e. The number of hydrogen-bond donors (Lipinski definition) is 2. The van der Waals surface area contributed by atoms with Crippen LogP contribution in [0.5, 0.6) is 5.75 Å². The van der Waals surface area contributed by atoms with Gasteiger partial charge in [-0.15, -0.1) is 24.0 Å². The molecule has 1 aromatic heterocycles. The summed E-state index contributed by atoms with van der Waals surface area (Å²) in [5.41, 5.74) is 2.37. The van der Waals surface area contributed by atoms with Crippen LogP contribution >= 0.6 is 24.0 Å². The Morgan fingerprint density at radius 1 is 1.13 bits per heavy atom. The lowest BCUT2D eigenvalue weighted by Crippen LogP contribution is -2.41. The average molecular weight is 523 g/mol. The van der Waals surface area contributed by atoms with E-state index in [1.54, 1.807) is 31.4 Å². The molecule has 1 heterocycles. The van der Waals surface area contributed by atoms with Gasteiger partial charge in [0.25, 0.3) is 0 Å². The van der Waals surface area contributed by atoms with Gasteiger partial charge in [-0.05, 0) is 30.2 Å². The number of benzene rings is 2. The Kier molecular flexibility index (Phi) is 9.59. The minimum atomic E-state index is -0.363. The van der Waals surface area contributed by atoms with E-state index in [2.05, 4.69) is 44.9 Å². The number of ether oxygens (including phenoxy) is 1. The standard InChI is InChI=1S/C22H26FN5O.HI/c1-17(29-21-6-4-3-5-20(21)23)13-26-22(24-2)27-14-18-7-9-19(10-8-18)15-28-12-11-25-16-28;/h3-12,16-17H,13-15H2,1-2H3,(H2,24,26,27);1H. The summed E-state index contributed by atoms with van der Waals surface area (Å²) in [6.45, 7) is 3.83. The highest BCUT2D eigenvalue weighted by Gasteiger charge is 2.09. The summed E-state index contributed by atoms with van der Waals surface area (Å²) in [7, 11) is 1.71. The molecule has 0 fully saturated rings. The van der Waals surface area contributed by atoms with Gasteiger partial charge >= 0.3 is 0 Å². The third-order valence-electron chi connectivity index (χ3n) is 4.35.